The van der Waals surface area contributed by atoms with Gasteiger partial charge in [-0.2, -0.15) is 0 Å². The van der Waals surface area contributed by atoms with Gasteiger partial charge in [-0.3, -0.25) is 0 Å². The summed E-state index contributed by atoms with van der Waals surface area (Å²) in [6, 6.07) is 7.85. The van der Waals surface area contributed by atoms with Gasteiger partial charge in [0.1, 0.15) is 5.75 Å². The van der Waals surface area contributed by atoms with Gasteiger partial charge in [0.05, 0.1) is 7.11 Å². The molecule has 0 saturated heterocycles. The van der Waals surface area contributed by atoms with Crippen molar-refractivity contribution in [2.75, 3.05) is 39.6 Å². The van der Waals surface area contributed by atoms with Gasteiger partial charge in [-0.1, -0.05) is 12.1 Å². The third kappa shape index (κ3) is 3.93. The van der Waals surface area contributed by atoms with Gasteiger partial charge in [0.2, 0.25) is 5.95 Å². The lowest BCUT2D eigenvalue weighted by atomic mass is 10.1. The molecule has 0 saturated carbocycles. The molecule has 2 rings (SSSR count). The Balaban J connectivity index is 1.99. The zero-order valence-corrected chi connectivity index (χ0v) is 12.1. The van der Waals surface area contributed by atoms with Gasteiger partial charge in [0.15, 0.2) is 0 Å². The molecular weight excluding hydrogens is 252 g/mol. The van der Waals surface area contributed by atoms with Crippen LogP contribution in [0.5, 0.6) is 5.75 Å². The van der Waals surface area contributed by atoms with E-state index < -0.39 is 0 Å². The van der Waals surface area contributed by atoms with Crippen molar-refractivity contribution in [3.05, 3.63) is 36.7 Å². The van der Waals surface area contributed by atoms with E-state index in [9.17, 15) is 0 Å². The summed E-state index contributed by atoms with van der Waals surface area (Å²) in [7, 11) is 5.73. The number of aromatic nitrogens is 2. The SMILES string of the molecule is COc1ccc(-c2cnc(NCCN(C)C)nc2)cc1. The Morgan fingerprint density at radius 3 is 2.25 bits per heavy atom. The Kier molecular flexibility index (Phi) is 4.90. The van der Waals surface area contributed by atoms with Crippen molar-refractivity contribution in [3.8, 4) is 16.9 Å². The van der Waals surface area contributed by atoms with Crippen molar-refractivity contribution in [2.24, 2.45) is 0 Å². The average Bonchev–Trinajstić information content (AvgIpc) is 2.48. The minimum Gasteiger partial charge on any atom is -0.497 e. The van der Waals surface area contributed by atoms with Crippen LogP contribution in [0, 0.1) is 0 Å². The smallest absolute Gasteiger partial charge is 0.222 e. The van der Waals surface area contributed by atoms with Crippen LogP contribution < -0.4 is 10.1 Å². The molecule has 0 aliphatic heterocycles. The number of likely N-dealkylation sites (N-methyl/N-ethyl adjacent to an activating group) is 1. The van der Waals surface area contributed by atoms with Gasteiger partial charge < -0.3 is 15.0 Å². The summed E-state index contributed by atoms with van der Waals surface area (Å²) in [5.41, 5.74) is 2.07. The van der Waals surface area contributed by atoms with Crippen LogP contribution in [0.15, 0.2) is 36.7 Å². The molecule has 0 unspecified atom stereocenters. The minimum absolute atomic E-state index is 0.657. The Bertz CT molecular complexity index is 523. The third-order valence-electron chi connectivity index (χ3n) is 2.92. The molecule has 1 aromatic heterocycles. The van der Waals surface area contributed by atoms with Crippen LogP contribution in [0.25, 0.3) is 11.1 Å². The second-order valence-corrected chi connectivity index (χ2v) is 4.75. The first-order valence-electron chi connectivity index (χ1n) is 6.54. The molecule has 1 N–H and O–H groups in total. The van der Waals surface area contributed by atoms with Crippen LogP contribution in [0.1, 0.15) is 0 Å². The predicted molar refractivity (Wildman–Crippen MR) is 81.1 cm³/mol. The standard InChI is InChI=1S/C15H20N4O/c1-19(2)9-8-16-15-17-10-13(11-18-15)12-4-6-14(20-3)7-5-12/h4-7,10-11H,8-9H2,1-3H3,(H,16,17,18). The van der Waals surface area contributed by atoms with Crippen molar-refractivity contribution in [1.82, 2.24) is 14.9 Å². The van der Waals surface area contributed by atoms with Crippen LogP contribution in [-0.2, 0) is 0 Å². The normalized spacial score (nSPS) is 10.6. The van der Waals surface area contributed by atoms with Crippen molar-refractivity contribution in [3.63, 3.8) is 0 Å². The molecule has 106 valence electrons. The molecular formula is C15H20N4O. The van der Waals surface area contributed by atoms with E-state index in [0.717, 1.165) is 30.0 Å². The van der Waals surface area contributed by atoms with Gasteiger partial charge in [0, 0.05) is 31.0 Å². The van der Waals surface area contributed by atoms with Crippen LogP contribution in [0.4, 0.5) is 5.95 Å². The fourth-order valence-electron chi connectivity index (χ4n) is 1.74. The summed E-state index contributed by atoms with van der Waals surface area (Å²) in [5, 5.41) is 3.19. The average molecular weight is 272 g/mol. The van der Waals surface area contributed by atoms with Crippen LogP contribution in [-0.4, -0.2) is 49.2 Å². The largest absolute Gasteiger partial charge is 0.497 e. The molecule has 1 heterocycles. The molecule has 5 nitrogen and oxygen atoms in total. The Morgan fingerprint density at radius 2 is 1.70 bits per heavy atom. The number of benzene rings is 1. The summed E-state index contributed by atoms with van der Waals surface area (Å²) < 4.78 is 5.14. The van der Waals surface area contributed by atoms with E-state index in [0.29, 0.717) is 5.95 Å². The molecule has 2 aromatic rings. The number of ether oxygens (including phenoxy) is 1. The first-order valence-corrected chi connectivity index (χ1v) is 6.54. The Hall–Kier alpha value is -2.14. The topological polar surface area (TPSA) is 50.3 Å². The van der Waals surface area contributed by atoms with Crippen LogP contribution in [0.3, 0.4) is 0 Å². The second kappa shape index (κ2) is 6.86. The van der Waals surface area contributed by atoms with Crippen LogP contribution in [0.2, 0.25) is 0 Å². The maximum Gasteiger partial charge on any atom is 0.222 e. The quantitative estimate of drug-likeness (QED) is 0.873. The van der Waals surface area contributed by atoms with Gasteiger partial charge in [-0.25, -0.2) is 9.97 Å². The molecule has 0 radical (unpaired) electrons. The Morgan fingerprint density at radius 1 is 1.05 bits per heavy atom. The van der Waals surface area contributed by atoms with E-state index in [-0.39, 0.29) is 0 Å². The fraction of sp³-hybridized carbons (Fsp3) is 0.333. The lowest BCUT2D eigenvalue weighted by Crippen LogP contribution is -2.21. The van der Waals surface area contributed by atoms with Gasteiger partial charge in [-0.15, -0.1) is 0 Å². The molecule has 0 aliphatic rings. The van der Waals surface area contributed by atoms with Gasteiger partial charge >= 0.3 is 0 Å². The molecule has 0 aliphatic carbocycles. The first-order chi connectivity index (χ1) is 9.69. The maximum atomic E-state index is 5.14. The molecule has 0 fully saturated rings. The van der Waals surface area contributed by atoms with E-state index in [1.165, 1.54) is 0 Å². The number of nitrogens with zero attached hydrogens (tertiary/aromatic N) is 3. The van der Waals surface area contributed by atoms with Crippen molar-refractivity contribution < 1.29 is 4.74 Å². The van der Waals surface area contributed by atoms with Gasteiger partial charge in [-0.05, 0) is 31.8 Å². The summed E-state index contributed by atoms with van der Waals surface area (Å²) >= 11 is 0. The Labute approximate surface area is 119 Å². The van der Waals surface area contributed by atoms with E-state index in [2.05, 4.69) is 20.2 Å². The number of methoxy groups -OCH3 is 1. The number of rotatable bonds is 6. The first kappa shape index (κ1) is 14.3. The summed E-state index contributed by atoms with van der Waals surface area (Å²) in [6.45, 7) is 1.78. The monoisotopic (exact) mass is 272 g/mol. The van der Waals surface area contributed by atoms with E-state index >= 15 is 0 Å². The third-order valence-corrected chi connectivity index (χ3v) is 2.92. The highest BCUT2D eigenvalue weighted by atomic mass is 16.5. The molecule has 1 aromatic carbocycles. The highest BCUT2D eigenvalue weighted by Crippen LogP contribution is 2.21. The predicted octanol–water partition coefficient (Wildman–Crippen LogP) is 2.13. The lowest BCUT2D eigenvalue weighted by Gasteiger charge is -2.10. The van der Waals surface area contributed by atoms with Crippen molar-refractivity contribution >= 4 is 5.95 Å². The lowest BCUT2D eigenvalue weighted by molar-refractivity contribution is 0.415. The second-order valence-electron chi connectivity index (χ2n) is 4.75. The summed E-state index contributed by atoms with van der Waals surface area (Å²) in [5.74, 6) is 1.50. The van der Waals surface area contributed by atoms with Gasteiger partial charge in [0.25, 0.3) is 0 Å². The highest BCUT2D eigenvalue weighted by molar-refractivity contribution is 5.62. The maximum absolute atomic E-state index is 5.14. The highest BCUT2D eigenvalue weighted by Gasteiger charge is 2.01. The van der Waals surface area contributed by atoms with Crippen LogP contribution >= 0.6 is 0 Å². The number of hydrogen-bond acceptors (Lipinski definition) is 5. The molecule has 0 amide bonds. The van der Waals surface area contributed by atoms with E-state index in [4.69, 9.17) is 4.74 Å². The van der Waals surface area contributed by atoms with E-state index in [1.807, 2.05) is 50.8 Å². The number of nitrogens with one attached hydrogen (secondary N) is 1. The zero-order chi connectivity index (χ0) is 14.4. The van der Waals surface area contributed by atoms with Crippen molar-refractivity contribution in [1.29, 1.82) is 0 Å². The molecule has 0 bridgehead atoms. The zero-order valence-electron chi connectivity index (χ0n) is 12.1. The number of hydrogen-bond donors (Lipinski definition) is 1. The molecule has 0 atom stereocenters. The van der Waals surface area contributed by atoms with E-state index in [1.54, 1.807) is 7.11 Å². The summed E-state index contributed by atoms with van der Waals surface area (Å²) in [4.78, 5) is 10.8. The molecule has 20 heavy (non-hydrogen) atoms. The molecule has 5 heteroatoms. The minimum atomic E-state index is 0.657. The fourth-order valence-corrected chi connectivity index (χ4v) is 1.74. The number of anilines is 1. The molecule has 0 spiro atoms. The van der Waals surface area contributed by atoms with Crippen molar-refractivity contribution in [2.45, 2.75) is 0 Å². The summed E-state index contributed by atoms with van der Waals surface area (Å²) in [6.07, 6.45) is 3.65.